The molecule has 2 aliphatic rings. The molecule has 2 saturated heterocycles. The summed E-state index contributed by atoms with van der Waals surface area (Å²) in [6.07, 6.45) is 2.85. The summed E-state index contributed by atoms with van der Waals surface area (Å²) in [5.74, 6) is 0.956. The van der Waals surface area contributed by atoms with Crippen LogP contribution in [-0.4, -0.2) is 37.2 Å². The smallest absolute Gasteiger partial charge is 0.224 e. The predicted molar refractivity (Wildman–Crippen MR) is 71.3 cm³/mol. The van der Waals surface area contributed by atoms with Crippen molar-refractivity contribution in [3.63, 3.8) is 0 Å². The summed E-state index contributed by atoms with van der Waals surface area (Å²) < 4.78 is 5.68. The summed E-state index contributed by atoms with van der Waals surface area (Å²) in [6.45, 7) is 8.99. The summed E-state index contributed by atoms with van der Waals surface area (Å²) in [6, 6.07) is 0.276. The van der Waals surface area contributed by atoms with Gasteiger partial charge in [0.05, 0.1) is 11.5 Å². The minimum absolute atomic E-state index is 0.103. The lowest BCUT2D eigenvalue weighted by atomic mass is 9.89. The monoisotopic (exact) mass is 254 g/mol. The van der Waals surface area contributed by atoms with Crippen LogP contribution in [0, 0.1) is 11.8 Å². The van der Waals surface area contributed by atoms with Gasteiger partial charge >= 0.3 is 0 Å². The Morgan fingerprint density at radius 1 is 1.39 bits per heavy atom. The zero-order valence-electron chi connectivity index (χ0n) is 11.8. The number of nitrogens with one attached hydrogen (secondary N) is 2. The maximum Gasteiger partial charge on any atom is 0.224 e. The number of carbonyl (C=O) groups is 1. The third kappa shape index (κ3) is 3.69. The molecule has 0 aromatic rings. The minimum atomic E-state index is -0.103. The first-order valence-corrected chi connectivity index (χ1v) is 7.11. The molecule has 4 nitrogen and oxygen atoms in total. The number of carbonyl (C=O) groups excluding carboxylic acids is 1. The van der Waals surface area contributed by atoms with Crippen LogP contribution in [0.15, 0.2) is 0 Å². The van der Waals surface area contributed by atoms with Crippen LogP contribution in [0.2, 0.25) is 0 Å². The summed E-state index contributed by atoms with van der Waals surface area (Å²) in [5, 5.41) is 6.54. The van der Waals surface area contributed by atoms with Crippen molar-refractivity contribution in [2.24, 2.45) is 11.8 Å². The highest BCUT2D eigenvalue weighted by atomic mass is 16.5. The second kappa shape index (κ2) is 5.57. The molecule has 2 fully saturated rings. The van der Waals surface area contributed by atoms with Gasteiger partial charge < -0.3 is 15.4 Å². The lowest BCUT2D eigenvalue weighted by Crippen LogP contribution is -2.50. The average molecular weight is 254 g/mol. The Bertz CT molecular complexity index is 304. The van der Waals surface area contributed by atoms with E-state index in [1.165, 1.54) is 0 Å². The van der Waals surface area contributed by atoms with Gasteiger partial charge in [0.15, 0.2) is 0 Å². The Morgan fingerprint density at radius 3 is 2.83 bits per heavy atom. The lowest BCUT2D eigenvalue weighted by molar-refractivity contribution is -0.128. The molecule has 0 spiro atoms. The Morgan fingerprint density at radius 2 is 2.17 bits per heavy atom. The van der Waals surface area contributed by atoms with Crippen LogP contribution in [0.3, 0.4) is 0 Å². The van der Waals surface area contributed by atoms with Crippen molar-refractivity contribution in [2.45, 2.75) is 51.7 Å². The molecule has 4 heteroatoms. The highest BCUT2D eigenvalue weighted by molar-refractivity contribution is 5.79. The van der Waals surface area contributed by atoms with Gasteiger partial charge in [-0.3, -0.25) is 4.79 Å². The van der Waals surface area contributed by atoms with Crippen LogP contribution in [0.4, 0.5) is 0 Å². The van der Waals surface area contributed by atoms with Gasteiger partial charge in [-0.1, -0.05) is 6.92 Å². The molecule has 2 rings (SSSR count). The van der Waals surface area contributed by atoms with E-state index in [9.17, 15) is 4.79 Å². The first kappa shape index (κ1) is 13.8. The molecule has 3 unspecified atom stereocenters. The molecule has 0 aromatic heterocycles. The van der Waals surface area contributed by atoms with Gasteiger partial charge in [0, 0.05) is 19.2 Å². The van der Waals surface area contributed by atoms with Gasteiger partial charge in [-0.2, -0.15) is 0 Å². The number of amides is 1. The van der Waals surface area contributed by atoms with Gasteiger partial charge in [0.1, 0.15) is 0 Å². The fourth-order valence-corrected chi connectivity index (χ4v) is 3.03. The van der Waals surface area contributed by atoms with Gasteiger partial charge in [-0.05, 0) is 45.6 Å². The van der Waals surface area contributed by atoms with E-state index in [1.807, 2.05) is 0 Å². The van der Waals surface area contributed by atoms with E-state index < -0.39 is 0 Å². The Labute approximate surface area is 110 Å². The molecule has 2 aliphatic heterocycles. The van der Waals surface area contributed by atoms with Gasteiger partial charge in [0.25, 0.3) is 0 Å². The number of hydrogen-bond acceptors (Lipinski definition) is 3. The molecule has 0 saturated carbocycles. The summed E-state index contributed by atoms with van der Waals surface area (Å²) in [5.41, 5.74) is -0.103. The molecule has 2 heterocycles. The molecule has 0 radical (unpaired) electrons. The van der Waals surface area contributed by atoms with E-state index in [4.69, 9.17) is 4.74 Å². The van der Waals surface area contributed by atoms with Crippen LogP contribution >= 0.6 is 0 Å². The standard InChI is InChI=1S/C14H26N2O2/c1-10-6-11(9-15-8-10)13(17)16-12-4-5-18-14(2,3)7-12/h10-12,15H,4-9H2,1-3H3,(H,16,17). The first-order chi connectivity index (χ1) is 8.46. The molecule has 18 heavy (non-hydrogen) atoms. The topological polar surface area (TPSA) is 50.4 Å². The van der Waals surface area contributed by atoms with Crippen LogP contribution in [0.25, 0.3) is 0 Å². The third-order valence-corrected chi connectivity index (χ3v) is 3.98. The molecular weight excluding hydrogens is 228 g/mol. The van der Waals surface area contributed by atoms with E-state index in [2.05, 4.69) is 31.4 Å². The zero-order valence-corrected chi connectivity index (χ0v) is 11.8. The second-order valence-corrected chi connectivity index (χ2v) is 6.50. The number of hydrogen-bond donors (Lipinski definition) is 2. The lowest BCUT2D eigenvalue weighted by Gasteiger charge is -2.37. The average Bonchev–Trinajstić information content (AvgIpc) is 2.27. The molecule has 104 valence electrons. The van der Waals surface area contributed by atoms with Crippen molar-refractivity contribution in [1.29, 1.82) is 0 Å². The molecule has 2 N–H and O–H groups in total. The van der Waals surface area contributed by atoms with Gasteiger partial charge in [-0.15, -0.1) is 0 Å². The molecule has 3 atom stereocenters. The normalized spacial score (nSPS) is 36.1. The maximum absolute atomic E-state index is 12.2. The summed E-state index contributed by atoms with van der Waals surface area (Å²) >= 11 is 0. The van der Waals surface area contributed by atoms with Crippen molar-refractivity contribution < 1.29 is 9.53 Å². The SMILES string of the molecule is CC1CNCC(C(=O)NC2CCOC(C)(C)C2)C1. The van der Waals surface area contributed by atoms with E-state index in [0.29, 0.717) is 5.92 Å². The molecule has 0 aliphatic carbocycles. The molecule has 1 amide bonds. The summed E-state index contributed by atoms with van der Waals surface area (Å²) in [4.78, 5) is 12.2. The van der Waals surface area contributed by atoms with Crippen molar-refractivity contribution in [1.82, 2.24) is 10.6 Å². The third-order valence-electron chi connectivity index (χ3n) is 3.98. The Kier molecular flexibility index (Phi) is 4.28. The van der Waals surface area contributed by atoms with Crippen LogP contribution < -0.4 is 10.6 Å². The van der Waals surface area contributed by atoms with E-state index in [-0.39, 0.29) is 23.5 Å². The van der Waals surface area contributed by atoms with Crippen LogP contribution in [0.5, 0.6) is 0 Å². The second-order valence-electron chi connectivity index (χ2n) is 6.50. The number of ether oxygens (including phenoxy) is 1. The van der Waals surface area contributed by atoms with E-state index in [1.54, 1.807) is 0 Å². The quantitative estimate of drug-likeness (QED) is 0.781. The van der Waals surface area contributed by atoms with Crippen molar-refractivity contribution >= 4 is 5.91 Å². The van der Waals surface area contributed by atoms with Gasteiger partial charge in [0.2, 0.25) is 5.91 Å². The fraction of sp³-hybridized carbons (Fsp3) is 0.929. The molecule has 0 bridgehead atoms. The highest BCUT2D eigenvalue weighted by Gasteiger charge is 2.32. The minimum Gasteiger partial charge on any atom is -0.375 e. The van der Waals surface area contributed by atoms with Gasteiger partial charge in [-0.25, -0.2) is 0 Å². The first-order valence-electron chi connectivity index (χ1n) is 7.11. The zero-order chi connectivity index (χ0) is 13.2. The summed E-state index contributed by atoms with van der Waals surface area (Å²) in [7, 11) is 0. The van der Waals surface area contributed by atoms with Crippen molar-refractivity contribution in [3.8, 4) is 0 Å². The molecule has 0 aromatic carbocycles. The Hall–Kier alpha value is -0.610. The van der Waals surface area contributed by atoms with Crippen LogP contribution in [0.1, 0.15) is 40.0 Å². The van der Waals surface area contributed by atoms with E-state index in [0.717, 1.165) is 39.0 Å². The fourth-order valence-electron chi connectivity index (χ4n) is 3.03. The number of rotatable bonds is 2. The highest BCUT2D eigenvalue weighted by Crippen LogP contribution is 2.24. The largest absolute Gasteiger partial charge is 0.375 e. The predicted octanol–water partition coefficient (Wildman–Crippen LogP) is 1.31. The maximum atomic E-state index is 12.2. The Balaban J connectivity index is 1.83. The van der Waals surface area contributed by atoms with Crippen molar-refractivity contribution in [2.75, 3.05) is 19.7 Å². The molecular formula is C14H26N2O2. The van der Waals surface area contributed by atoms with Crippen molar-refractivity contribution in [3.05, 3.63) is 0 Å². The number of piperidine rings is 1. The van der Waals surface area contributed by atoms with Crippen LogP contribution in [-0.2, 0) is 9.53 Å². The van der Waals surface area contributed by atoms with E-state index >= 15 is 0 Å².